The average Bonchev–Trinajstić information content (AvgIpc) is 2.80. The lowest BCUT2D eigenvalue weighted by Crippen LogP contribution is -2.35. The maximum atomic E-state index is 12.5. The molecule has 0 bridgehead atoms. The lowest BCUT2D eigenvalue weighted by molar-refractivity contribution is -0.122. The zero-order valence-corrected chi connectivity index (χ0v) is 13.7. The van der Waals surface area contributed by atoms with Gasteiger partial charge in [-0.25, -0.2) is 0 Å². The summed E-state index contributed by atoms with van der Waals surface area (Å²) >= 11 is 11.2. The Hall–Kier alpha value is -2.37. The normalized spacial score (nSPS) is 15.9. The average molecular weight is 344 g/mol. The van der Waals surface area contributed by atoms with E-state index in [-0.39, 0.29) is 12.6 Å². The molecule has 2 aromatic rings. The van der Waals surface area contributed by atoms with E-state index in [2.05, 4.69) is 10.6 Å². The van der Waals surface area contributed by atoms with Crippen LogP contribution in [0.3, 0.4) is 0 Å². The van der Waals surface area contributed by atoms with Crippen molar-refractivity contribution in [3.05, 3.63) is 70.9 Å². The first-order valence-corrected chi connectivity index (χ1v) is 7.81. The minimum atomic E-state index is -0.159. The molecular formula is C17H14ClN3OS. The summed E-state index contributed by atoms with van der Waals surface area (Å²) in [6, 6.07) is 16.9. The van der Waals surface area contributed by atoms with E-state index >= 15 is 0 Å². The maximum Gasteiger partial charge on any atom is 0.278 e. The van der Waals surface area contributed by atoms with Crippen LogP contribution in [0.1, 0.15) is 5.56 Å². The molecule has 2 aromatic carbocycles. The fraction of sp³-hybridized carbons (Fsp3) is 0.0588. The van der Waals surface area contributed by atoms with Crippen molar-refractivity contribution in [3.63, 3.8) is 0 Å². The fourth-order valence-electron chi connectivity index (χ4n) is 2.20. The first-order chi connectivity index (χ1) is 11.1. The standard InChI is InChI=1S/C17H14ClN3OS/c18-13-7-4-8-14(10-13)19-11-21-16(22)15(20-17(21)23)9-12-5-2-1-3-6-12/h1-10,19H,11H2,(H,20,23). The second-order valence-corrected chi connectivity index (χ2v) is 5.80. The van der Waals surface area contributed by atoms with E-state index in [1.165, 1.54) is 4.90 Å². The lowest BCUT2D eigenvalue weighted by atomic mass is 10.2. The number of carbonyl (C=O) groups is 1. The van der Waals surface area contributed by atoms with Crippen LogP contribution in [0.2, 0.25) is 5.02 Å². The minimum Gasteiger partial charge on any atom is -0.367 e. The highest BCUT2D eigenvalue weighted by atomic mass is 35.5. The van der Waals surface area contributed by atoms with Gasteiger partial charge in [0.05, 0.1) is 6.67 Å². The molecular weight excluding hydrogens is 330 g/mol. The number of nitrogens with one attached hydrogen (secondary N) is 2. The molecule has 1 aliphatic rings. The van der Waals surface area contributed by atoms with Gasteiger partial charge in [-0.1, -0.05) is 48.0 Å². The Bertz CT molecular complexity index is 776. The highest BCUT2D eigenvalue weighted by Crippen LogP contribution is 2.17. The van der Waals surface area contributed by atoms with Crippen LogP contribution in [0.15, 0.2) is 60.3 Å². The van der Waals surface area contributed by atoms with Crippen LogP contribution in [0.25, 0.3) is 6.08 Å². The lowest BCUT2D eigenvalue weighted by Gasteiger charge is -2.15. The zero-order valence-electron chi connectivity index (χ0n) is 12.1. The van der Waals surface area contributed by atoms with Gasteiger partial charge in [0.15, 0.2) is 5.11 Å². The molecule has 1 saturated heterocycles. The Balaban J connectivity index is 1.70. The monoisotopic (exact) mass is 343 g/mol. The van der Waals surface area contributed by atoms with Crippen molar-refractivity contribution in [2.75, 3.05) is 12.0 Å². The molecule has 0 atom stereocenters. The number of rotatable bonds is 4. The topological polar surface area (TPSA) is 44.4 Å². The van der Waals surface area contributed by atoms with Gasteiger partial charge in [0, 0.05) is 10.7 Å². The molecule has 23 heavy (non-hydrogen) atoms. The Morgan fingerprint density at radius 2 is 1.96 bits per heavy atom. The predicted octanol–water partition coefficient (Wildman–Crippen LogP) is 3.47. The predicted molar refractivity (Wildman–Crippen MR) is 96.9 cm³/mol. The van der Waals surface area contributed by atoms with Gasteiger partial charge in [-0.05, 0) is 42.1 Å². The van der Waals surface area contributed by atoms with Gasteiger partial charge >= 0.3 is 0 Å². The van der Waals surface area contributed by atoms with Crippen molar-refractivity contribution in [2.24, 2.45) is 0 Å². The maximum absolute atomic E-state index is 12.5. The van der Waals surface area contributed by atoms with Gasteiger partial charge in [0.2, 0.25) is 0 Å². The molecule has 1 heterocycles. The van der Waals surface area contributed by atoms with E-state index in [4.69, 9.17) is 23.8 Å². The summed E-state index contributed by atoms with van der Waals surface area (Å²) in [6.45, 7) is 0.275. The number of anilines is 1. The molecule has 0 radical (unpaired) electrons. The number of thiocarbonyl (C=S) groups is 1. The smallest absolute Gasteiger partial charge is 0.278 e. The van der Waals surface area contributed by atoms with Gasteiger partial charge in [-0.2, -0.15) is 0 Å². The molecule has 1 amide bonds. The van der Waals surface area contributed by atoms with Crippen LogP contribution < -0.4 is 10.6 Å². The molecule has 6 heteroatoms. The van der Waals surface area contributed by atoms with Crippen molar-refractivity contribution < 1.29 is 4.79 Å². The molecule has 1 aliphatic heterocycles. The number of carbonyl (C=O) groups excluding carboxylic acids is 1. The largest absolute Gasteiger partial charge is 0.367 e. The first-order valence-electron chi connectivity index (χ1n) is 7.02. The van der Waals surface area contributed by atoms with Crippen molar-refractivity contribution >= 4 is 46.6 Å². The molecule has 0 saturated carbocycles. The second kappa shape index (κ2) is 6.81. The number of amides is 1. The summed E-state index contributed by atoms with van der Waals surface area (Å²) in [4.78, 5) is 13.9. The summed E-state index contributed by atoms with van der Waals surface area (Å²) in [5.74, 6) is -0.159. The number of nitrogens with zero attached hydrogens (tertiary/aromatic N) is 1. The van der Waals surface area contributed by atoms with Gasteiger partial charge in [-0.15, -0.1) is 0 Å². The molecule has 0 spiro atoms. The molecule has 0 aromatic heterocycles. The highest BCUT2D eigenvalue weighted by molar-refractivity contribution is 7.80. The van der Waals surface area contributed by atoms with E-state index in [1.807, 2.05) is 42.5 Å². The van der Waals surface area contributed by atoms with E-state index in [0.29, 0.717) is 15.8 Å². The minimum absolute atomic E-state index is 0.159. The summed E-state index contributed by atoms with van der Waals surface area (Å²) in [5.41, 5.74) is 2.23. The molecule has 0 aliphatic carbocycles. The SMILES string of the molecule is O=C1C(=Cc2ccccc2)NC(=S)N1CNc1cccc(Cl)c1. The van der Waals surface area contributed by atoms with Gasteiger partial charge in [0.25, 0.3) is 5.91 Å². The zero-order chi connectivity index (χ0) is 16.2. The highest BCUT2D eigenvalue weighted by Gasteiger charge is 2.30. The third-order valence-corrected chi connectivity index (χ3v) is 3.90. The third kappa shape index (κ3) is 3.70. The summed E-state index contributed by atoms with van der Waals surface area (Å²) in [7, 11) is 0. The molecule has 116 valence electrons. The second-order valence-electron chi connectivity index (χ2n) is 4.98. The van der Waals surface area contributed by atoms with Crippen LogP contribution in [-0.2, 0) is 4.79 Å². The summed E-state index contributed by atoms with van der Waals surface area (Å²) in [5, 5.41) is 7.11. The third-order valence-electron chi connectivity index (χ3n) is 3.34. The van der Waals surface area contributed by atoms with Crippen molar-refractivity contribution in [1.82, 2.24) is 10.2 Å². The molecule has 2 N–H and O–H groups in total. The van der Waals surface area contributed by atoms with Crippen molar-refractivity contribution in [3.8, 4) is 0 Å². The van der Waals surface area contributed by atoms with Crippen LogP contribution in [0.4, 0.5) is 5.69 Å². The number of benzene rings is 2. The van der Waals surface area contributed by atoms with Crippen LogP contribution >= 0.6 is 23.8 Å². The molecule has 4 nitrogen and oxygen atoms in total. The van der Waals surface area contributed by atoms with Gasteiger partial charge in [0.1, 0.15) is 5.70 Å². The van der Waals surface area contributed by atoms with Gasteiger partial charge in [-0.3, -0.25) is 9.69 Å². The number of halogens is 1. The number of hydrogen-bond donors (Lipinski definition) is 2. The van der Waals surface area contributed by atoms with Crippen molar-refractivity contribution in [2.45, 2.75) is 0 Å². The molecule has 1 fully saturated rings. The quantitative estimate of drug-likeness (QED) is 0.659. The van der Waals surface area contributed by atoms with Crippen LogP contribution in [0, 0.1) is 0 Å². The van der Waals surface area contributed by atoms with E-state index in [9.17, 15) is 4.79 Å². The molecule has 0 unspecified atom stereocenters. The Morgan fingerprint density at radius 1 is 1.17 bits per heavy atom. The van der Waals surface area contributed by atoms with Gasteiger partial charge < -0.3 is 10.6 Å². The van der Waals surface area contributed by atoms with Crippen molar-refractivity contribution in [1.29, 1.82) is 0 Å². The number of hydrogen-bond acceptors (Lipinski definition) is 3. The van der Waals surface area contributed by atoms with E-state index in [1.54, 1.807) is 18.2 Å². The van der Waals surface area contributed by atoms with E-state index in [0.717, 1.165) is 11.3 Å². The molecule has 3 rings (SSSR count). The Labute approximate surface area is 144 Å². The van der Waals surface area contributed by atoms with Crippen LogP contribution in [-0.4, -0.2) is 22.6 Å². The van der Waals surface area contributed by atoms with E-state index < -0.39 is 0 Å². The summed E-state index contributed by atoms with van der Waals surface area (Å²) < 4.78 is 0. The Morgan fingerprint density at radius 3 is 2.70 bits per heavy atom. The fourth-order valence-corrected chi connectivity index (χ4v) is 2.65. The Kier molecular flexibility index (Phi) is 4.60. The first kappa shape index (κ1) is 15.5. The van der Waals surface area contributed by atoms with Crippen LogP contribution in [0.5, 0.6) is 0 Å². The summed E-state index contributed by atoms with van der Waals surface area (Å²) in [6.07, 6.45) is 1.79.